The average molecular weight is 119 g/mol. The van der Waals surface area contributed by atoms with Gasteiger partial charge >= 0.3 is 0 Å². The van der Waals surface area contributed by atoms with Crippen molar-refractivity contribution in [2.75, 3.05) is 13.1 Å². The zero-order chi connectivity index (χ0) is 6.69. The number of piperidine rings is 1. The molecule has 0 amide bonds. The molecule has 1 fully saturated rings. The maximum Gasteiger partial charge on any atom is 0.182 e. The molecule has 1 nitrogen and oxygen atoms in total. The lowest BCUT2D eigenvalue weighted by Crippen LogP contribution is -2.32. The molecular weight excluding hydrogens is 108 g/mol. The first-order valence-electron chi connectivity index (χ1n) is 3.52. The summed E-state index contributed by atoms with van der Waals surface area (Å²) >= 11 is 0. The van der Waals surface area contributed by atoms with Crippen LogP contribution >= 0.6 is 0 Å². The molecule has 0 spiro atoms. The minimum Gasteiger partial charge on any atom is -0.353 e. The molecule has 0 saturated carbocycles. The highest BCUT2D eigenvalue weighted by molar-refractivity contribution is 6.08. The Labute approximate surface area is 59.6 Å². The van der Waals surface area contributed by atoms with Crippen LogP contribution < -0.4 is 0 Å². The van der Waals surface area contributed by atoms with E-state index in [0.29, 0.717) is 5.92 Å². The third-order valence-electron chi connectivity index (χ3n) is 1.88. The molecule has 0 N–H and O–H groups in total. The maximum absolute atomic E-state index is 5.58. The van der Waals surface area contributed by atoms with Crippen LogP contribution in [0.25, 0.3) is 0 Å². The smallest absolute Gasteiger partial charge is 0.182 e. The van der Waals surface area contributed by atoms with Gasteiger partial charge in [-0.15, -0.1) is 0 Å². The molecule has 0 aromatic rings. The molecule has 0 aromatic heterocycles. The van der Waals surface area contributed by atoms with Gasteiger partial charge in [-0.2, -0.15) is 0 Å². The van der Waals surface area contributed by atoms with Crippen molar-refractivity contribution >= 4 is 15.8 Å². The van der Waals surface area contributed by atoms with Gasteiger partial charge in [-0.1, -0.05) is 6.32 Å². The van der Waals surface area contributed by atoms with Crippen LogP contribution in [0.15, 0.2) is 0 Å². The highest BCUT2D eigenvalue weighted by atomic mass is 15.0. The lowest BCUT2D eigenvalue weighted by Gasteiger charge is -2.29. The van der Waals surface area contributed by atoms with E-state index in [9.17, 15) is 0 Å². The van der Waals surface area contributed by atoms with Crippen molar-refractivity contribution in [3.05, 3.63) is 0 Å². The van der Waals surface area contributed by atoms with Crippen LogP contribution in [0.5, 0.6) is 0 Å². The van der Waals surface area contributed by atoms with Crippen molar-refractivity contribution in [3.8, 4) is 0 Å². The van der Waals surface area contributed by atoms with E-state index < -0.39 is 0 Å². The Kier molecular flexibility index (Phi) is 2.65. The molecule has 1 unspecified atom stereocenters. The summed E-state index contributed by atoms with van der Waals surface area (Å²) in [7, 11) is 11.1. The largest absolute Gasteiger partial charge is 0.353 e. The van der Waals surface area contributed by atoms with Crippen molar-refractivity contribution in [1.29, 1.82) is 0 Å². The Hall–Kier alpha value is 0.0899. The van der Waals surface area contributed by atoms with E-state index in [1.54, 1.807) is 0 Å². The lowest BCUT2D eigenvalue weighted by atomic mass is 9.84. The average Bonchev–Trinajstić information content (AvgIpc) is 1.88. The molecule has 46 valence electrons. The SMILES string of the molecule is [B]CC1CCCN([B])C1. The third-order valence-corrected chi connectivity index (χ3v) is 1.88. The topological polar surface area (TPSA) is 3.24 Å². The summed E-state index contributed by atoms with van der Waals surface area (Å²) in [6.45, 7) is 2.02. The first-order valence-corrected chi connectivity index (χ1v) is 3.52. The van der Waals surface area contributed by atoms with E-state index >= 15 is 0 Å². The molecule has 4 radical (unpaired) electrons. The predicted molar refractivity (Wildman–Crippen MR) is 40.6 cm³/mol. The predicted octanol–water partition coefficient (Wildman–Crippen LogP) is 0.369. The maximum atomic E-state index is 5.58. The van der Waals surface area contributed by atoms with Gasteiger partial charge in [0, 0.05) is 0 Å². The summed E-state index contributed by atoms with van der Waals surface area (Å²) in [5.41, 5.74) is 0. The second-order valence-electron chi connectivity index (χ2n) is 2.74. The molecule has 3 heteroatoms. The summed E-state index contributed by atoms with van der Waals surface area (Å²) in [5.74, 6) is 0.642. The van der Waals surface area contributed by atoms with E-state index in [0.717, 1.165) is 19.4 Å². The molecule has 0 bridgehead atoms. The second-order valence-corrected chi connectivity index (χ2v) is 2.74. The van der Waals surface area contributed by atoms with E-state index in [-0.39, 0.29) is 0 Å². The minimum absolute atomic E-state index is 0.642. The Morgan fingerprint density at radius 2 is 2.33 bits per heavy atom. The first kappa shape index (κ1) is 7.20. The zero-order valence-electron chi connectivity index (χ0n) is 5.71. The molecule has 0 aliphatic carbocycles. The summed E-state index contributed by atoms with van der Waals surface area (Å²) < 4.78 is 0. The summed E-state index contributed by atoms with van der Waals surface area (Å²) in [6.07, 6.45) is 3.25. The van der Waals surface area contributed by atoms with Gasteiger partial charge in [0.2, 0.25) is 0 Å². The van der Waals surface area contributed by atoms with Gasteiger partial charge in [0.25, 0.3) is 0 Å². The lowest BCUT2D eigenvalue weighted by molar-refractivity contribution is 0.292. The highest BCUT2D eigenvalue weighted by Crippen LogP contribution is 2.16. The van der Waals surface area contributed by atoms with Crippen molar-refractivity contribution in [3.63, 3.8) is 0 Å². The van der Waals surface area contributed by atoms with Crippen LogP contribution in [-0.2, 0) is 0 Å². The van der Waals surface area contributed by atoms with Crippen molar-refractivity contribution in [1.82, 2.24) is 4.81 Å². The Bertz CT molecular complexity index is 87.1. The quantitative estimate of drug-likeness (QED) is 0.450. The minimum atomic E-state index is 0.642. The van der Waals surface area contributed by atoms with Gasteiger partial charge in [0.1, 0.15) is 0 Å². The molecule has 1 atom stereocenters. The second kappa shape index (κ2) is 3.31. The monoisotopic (exact) mass is 119 g/mol. The van der Waals surface area contributed by atoms with Crippen molar-refractivity contribution < 1.29 is 0 Å². The summed E-state index contributed by atoms with van der Waals surface area (Å²) in [4.78, 5) is 1.86. The standard InChI is InChI=1S/C6H11B2N/c7-4-6-2-1-3-9(8)5-6/h6H,1-5H2. The van der Waals surface area contributed by atoms with E-state index in [1.165, 1.54) is 12.8 Å². The molecule has 1 saturated heterocycles. The third kappa shape index (κ3) is 2.05. The van der Waals surface area contributed by atoms with Gasteiger partial charge in [0.05, 0.1) is 7.85 Å². The van der Waals surface area contributed by atoms with Crippen molar-refractivity contribution in [2.24, 2.45) is 5.92 Å². The van der Waals surface area contributed by atoms with Crippen LogP contribution in [0.3, 0.4) is 0 Å². The summed E-state index contributed by atoms with van der Waals surface area (Å²) in [5, 5.41) is 0. The van der Waals surface area contributed by atoms with Crippen LogP contribution in [0.4, 0.5) is 0 Å². The van der Waals surface area contributed by atoms with Gasteiger partial charge in [-0.25, -0.2) is 0 Å². The van der Waals surface area contributed by atoms with Crippen LogP contribution in [-0.4, -0.2) is 33.7 Å². The van der Waals surface area contributed by atoms with Gasteiger partial charge < -0.3 is 4.81 Å². The highest BCUT2D eigenvalue weighted by Gasteiger charge is 2.13. The van der Waals surface area contributed by atoms with E-state index in [4.69, 9.17) is 15.8 Å². The fraction of sp³-hybridized carbons (Fsp3) is 1.00. The first-order chi connectivity index (χ1) is 4.33. The zero-order valence-corrected chi connectivity index (χ0v) is 5.71. The number of rotatable bonds is 1. The Morgan fingerprint density at radius 3 is 2.78 bits per heavy atom. The number of hydrogen-bond donors (Lipinski definition) is 0. The Morgan fingerprint density at radius 1 is 1.56 bits per heavy atom. The molecule has 1 heterocycles. The van der Waals surface area contributed by atoms with Crippen LogP contribution in [0, 0.1) is 5.92 Å². The number of nitrogens with zero attached hydrogens (tertiary/aromatic N) is 1. The molecular formula is C6H11B2N. The van der Waals surface area contributed by atoms with Crippen molar-refractivity contribution in [2.45, 2.75) is 19.2 Å². The summed E-state index contributed by atoms with van der Waals surface area (Å²) in [6, 6.07) is 0. The van der Waals surface area contributed by atoms with Gasteiger partial charge in [-0.05, 0) is 31.8 Å². The normalized spacial score (nSPS) is 30.4. The molecule has 1 rings (SSSR count). The van der Waals surface area contributed by atoms with E-state index in [2.05, 4.69) is 0 Å². The van der Waals surface area contributed by atoms with Gasteiger partial charge in [-0.3, -0.25) is 0 Å². The molecule has 1 aliphatic rings. The number of hydrogen-bond acceptors (Lipinski definition) is 1. The Balaban J connectivity index is 2.23. The molecule has 9 heavy (non-hydrogen) atoms. The van der Waals surface area contributed by atoms with Crippen LogP contribution in [0.1, 0.15) is 12.8 Å². The molecule has 1 aliphatic heterocycles. The fourth-order valence-corrected chi connectivity index (χ4v) is 1.29. The fourth-order valence-electron chi connectivity index (χ4n) is 1.29. The van der Waals surface area contributed by atoms with Crippen LogP contribution in [0.2, 0.25) is 6.32 Å². The van der Waals surface area contributed by atoms with Gasteiger partial charge in [0.15, 0.2) is 7.98 Å². The molecule has 0 aromatic carbocycles. The van der Waals surface area contributed by atoms with E-state index in [1.807, 2.05) is 4.81 Å².